The minimum Gasteiger partial charge on any atom is -0.385 e. The Labute approximate surface area is 85.1 Å². The van der Waals surface area contributed by atoms with E-state index in [1.54, 1.807) is 0 Å². The number of hydrogen-bond donors (Lipinski definition) is 1. The molecule has 0 atom stereocenters. The summed E-state index contributed by atoms with van der Waals surface area (Å²) in [5.74, 6) is 0.653. The van der Waals surface area contributed by atoms with Gasteiger partial charge in [-0.3, -0.25) is 0 Å². The number of benzene rings is 1. The SMILES string of the molecule is Cc1ccc(NCC(C)C)cc1Cl. The number of rotatable bonds is 3. The molecule has 0 aliphatic carbocycles. The van der Waals surface area contributed by atoms with Crippen molar-refractivity contribution in [2.24, 2.45) is 5.92 Å². The van der Waals surface area contributed by atoms with E-state index in [2.05, 4.69) is 25.2 Å². The van der Waals surface area contributed by atoms with Crippen molar-refractivity contribution in [1.82, 2.24) is 0 Å². The van der Waals surface area contributed by atoms with E-state index >= 15 is 0 Å². The normalized spacial score (nSPS) is 10.5. The summed E-state index contributed by atoms with van der Waals surface area (Å²) in [4.78, 5) is 0. The predicted molar refractivity (Wildman–Crippen MR) is 59.5 cm³/mol. The Morgan fingerprint density at radius 1 is 1.38 bits per heavy atom. The van der Waals surface area contributed by atoms with E-state index in [1.807, 2.05) is 19.1 Å². The fourth-order valence-electron chi connectivity index (χ4n) is 1.02. The van der Waals surface area contributed by atoms with Gasteiger partial charge in [-0.15, -0.1) is 0 Å². The van der Waals surface area contributed by atoms with Gasteiger partial charge in [-0.2, -0.15) is 0 Å². The number of nitrogens with one attached hydrogen (secondary N) is 1. The molecule has 0 saturated heterocycles. The van der Waals surface area contributed by atoms with Crippen LogP contribution in [-0.2, 0) is 0 Å². The van der Waals surface area contributed by atoms with Crippen molar-refractivity contribution < 1.29 is 0 Å². The first-order chi connectivity index (χ1) is 6.09. The van der Waals surface area contributed by atoms with Crippen LogP contribution in [0.4, 0.5) is 5.69 Å². The van der Waals surface area contributed by atoms with Crippen molar-refractivity contribution in [3.05, 3.63) is 28.8 Å². The number of halogens is 1. The summed E-state index contributed by atoms with van der Waals surface area (Å²) in [5, 5.41) is 4.16. The minimum absolute atomic E-state index is 0.653. The highest BCUT2D eigenvalue weighted by atomic mass is 35.5. The molecule has 0 bridgehead atoms. The van der Waals surface area contributed by atoms with Crippen molar-refractivity contribution in [2.75, 3.05) is 11.9 Å². The van der Waals surface area contributed by atoms with Crippen LogP contribution in [0, 0.1) is 12.8 Å². The summed E-state index contributed by atoms with van der Waals surface area (Å²) < 4.78 is 0. The van der Waals surface area contributed by atoms with Crippen LogP contribution in [0.2, 0.25) is 5.02 Å². The van der Waals surface area contributed by atoms with Crippen LogP contribution in [-0.4, -0.2) is 6.54 Å². The Bertz CT molecular complexity index is 281. The maximum atomic E-state index is 5.99. The average molecular weight is 198 g/mol. The van der Waals surface area contributed by atoms with Crippen LogP contribution < -0.4 is 5.32 Å². The van der Waals surface area contributed by atoms with E-state index in [0.717, 1.165) is 22.8 Å². The molecule has 0 spiro atoms. The molecule has 72 valence electrons. The summed E-state index contributed by atoms with van der Waals surface area (Å²) in [5.41, 5.74) is 2.22. The second kappa shape index (κ2) is 4.52. The van der Waals surface area contributed by atoms with Crippen LogP contribution in [0.25, 0.3) is 0 Å². The van der Waals surface area contributed by atoms with Gasteiger partial charge in [0.1, 0.15) is 0 Å². The lowest BCUT2D eigenvalue weighted by molar-refractivity contribution is 0.689. The Morgan fingerprint density at radius 3 is 2.62 bits per heavy atom. The summed E-state index contributed by atoms with van der Waals surface area (Å²) in [6, 6.07) is 6.06. The quantitative estimate of drug-likeness (QED) is 0.779. The topological polar surface area (TPSA) is 12.0 Å². The lowest BCUT2D eigenvalue weighted by Crippen LogP contribution is -2.07. The molecule has 0 fully saturated rings. The molecule has 0 saturated carbocycles. The maximum absolute atomic E-state index is 5.99. The van der Waals surface area contributed by atoms with Crippen molar-refractivity contribution in [3.63, 3.8) is 0 Å². The molecule has 0 aromatic heterocycles. The van der Waals surface area contributed by atoms with Gasteiger partial charge in [-0.25, -0.2) is 0 Å². The van der Waals surface area contributed by atoms with Gasteiger partial charge in [0.25, 0.3) is 0 Å². The smallest absolute Gasteiger partial charge is 0.0455 e. The Morgan fingerprint density at radius 2 is 2.08 bits per heavy atom. The van der Waals surface area contributed by atoms with Crippen LogP contribution >= 0.6 is 11.6 Å². The first kappa shape index (κ1) is 10.4. The van der Waals surface area contributed by atoms with E-state index in [4.69, 9.17) is 11.6 Å². The molecule has 1 N–H and O–H groups in total. The molecule has 1 aromatic rings. The van der Waals surface area contributed by atoms with Crippen molar-refractivity contribution >= 4 is 17.3 Å². The molecular formula is C11H16ClN. The molecule has 2 heteroatoms. The van der Waals surface area contributed by atoms with Crippen LogP contribution in [0.1, 0.15) is 19.4 Å². The highest BCUT2D eigenvalue weighted by Gasteiger charge is 1.98. The highest BCUT2D eigenvalue weighted by molar-refractivity contribution is 6.31. The zero-order valence-electron chi connectivity index (χ0n) is 8.39. The summed E-state index contributed by atoms with van der Waals surface area (Å²) >= 11 is 5.99. The molecule has 13 heavy (non-hydrogen) atoms. The van der Waals surface area contributed by atoms with E-state index in [-0.39, 0.29) is 0 Å². The Hall–Kier alpha value is -0.690. The third kappa shape index (κ3) is 3.27. The minimum atomic E-state index is 0.653. The number of hydrogen-bond acceptors (Lipinski definition) is 1. The van der Waals surface area contributed by atoms with E-state index in [9.17, 15) is 0 Å². The second-order valence-electron chi connectivity index (χ2n) is 3.74. The van der Waals surface area contributed by atoms with Gasteiger partial charge in [-0.1, -0.05) is 31.5 Å². The van der Waals surface area contributed by atoms with E-state index < -0.39 is 0 Å². The lowest BCUT2D eigenvalue weighted by Gasteiger charge is -2.09. The van der Waals surface area contributed by atoms with Crippen LogP contribution in [0.3, 0.4) is 0 Å². The monoisotopic (exact) mass is 197 g/mol. The Balaban J connectivity index is 2.63. The second-order valence-corrected chi connectivity index (χ2v) is 4.15. The molecule has 1 nitrogen and oxygen atoms in total. The zero-order chi connectivity index (χ0) is 9.84. The standard InChI is InChI=1S/C11H16ClN/c1-8(2)7-13-10-5-4-9(3)11(12)6-10/h4-6,8,13H,7H2,1-3H3. The van der Waals surface area contributed by atoms with E-state index in [0.29, 0.717) is 5.92 Å². The number of anilines is 1. The van der Waals surface area contributed by atoms with Gasteiger partial charge in [-0.05, 0) is 30.5 Å². The first-order valence-electron chi connectivity index (χ1n) is 4.59. The largest absolute Gasteiger partial charge is 0.385 e. The predicted octanol–water partition coefficient (Wildman–Crippen LogP) is 3.72. The molecule has 1 aromatic carbocycles. The summed E-state index contributed by atoms with van der Waals surface area (Å²) in [7, 11) is 0. The number of aryl methyl sites for hydroxylation is 1. The molecule has 0 radical (unpaired) electrons. The third-order valence-corrected chi connectivity index (χ3v) is 2.29. The molecule has 1 rings (SSSR count). The molecule has 0 heterocycles. The molecule has 0 amide bonds. The highest BCUT2D eigenvalue weighted by Crippen LogP contribution is 2.19. The summed E-state index contributed by atoms with van der Waals surface area (Å²) in [6.07, 6.45) is 0. The van der Waals surface area contributed by atoms with Gasteiger partial charge >= 0.3 is 0 Å². The van der Waals surface area contributed by atoms with Gasteiger partial charge < -0.3 is 5.32 Å². The van der Waals surface area contributed by atoms with Gasteiger partial charge in [0.05, 0.1) is 0 Å². The summed E-state index contributed by atoms with van der Waals surface area (Å²) in [6.45, 7) is 7.36. The van der Waals surface area contributed by atoms with Crippen molar-refractivity contribution in [3.8, 4) is 0 Å². The van der Waals surface area contributed by atoms with E-state index in [1.165, 1.54) is 0 Å². The van der Waals surface area contributed by atoms with Gasteiger partial charge in [0.15, 0.2) is 0 Å². The molecule has 0 aliphatic heterocycles. The van der Waals surface area contributed by atoms with Crippen LogP contribution in [0.5, 0.6) is 0 Å². The zero-order valence-corrected chi connectivity index (χ0v) is 9.15. The van der Waals surface area contributed by atoms with Crippen LogP contribution in [0.15, 0.2) is 18.2 Å². The van der Waals surface area contributed by atoms with Gasteiger partial charge in [0.2, 0.25) is 0 Å². The lowest BCUT2D eigenvalue weighted by atomic mass is 10.2. The molecular weight excluding hydrogens is 182 g/mol. The van der Waals surface area contributed by atoms with Crippen molar-refractivity contribution in [1.29, 1.82) is 0 Å². The fraction of sp³-hybridized carbons (Fsp3) is 0.455. The maximum Gasteiger partial charge on any atom is 0.0455 e. The third-order valence-electron chi connectivity index (χ3n) is 1.89. The fourth-order valence-corrected chi connectivity index (χ4v) is 1.21. The molecule has 0 unspecified atom stereocenters. The Kier molecular flexibility index (Phi) is 3.61. The average Bonchev–Trinajstić information content (AvgIpc) is 2.07. The van der Waals surface area contributed by atoms with Crippen molar-refractivity contribution in [2.45, 2.75) is 20.8 Å². The van der Waals surface area contributed by atoms with Gasteiger partial charge in [0, 0.05) is 17.3 Å². The first-order valence-corrected chi connectivity index (χ1v) is 4.97. The molecule has 0 aliphatic rings.